The van der Waals surface area contributed by atoms with Crippen molar-refractivity contribution in [2.24, 2.45) is 0 Å². The highest BCUT2D eigenvalue weighted by molar-refractivity contribution is 7.67. The molecular weight excluding hydrogens is 199 g/mol. The van der Waals surface area contributed by atoms with Crippen molar-refractivity contribution >= 4 is 19.0 Å². The highest BCUT2D eigenvalue weighted by Gasteiger charge is 2.24. The van der Waals surface area contributed by atoms with E-state index in [-0.39, 0.29) is 6.16 Å². The molecule has 0 aliphatic carbocycles. The Hall–Kier alpha value is -0.920. The van der Waals surface area contributed by atoms with Gasteiger partial charge in [0, 0.05) is 5.30 Å². The van der Waals surface area contributed by atoms with Crippen molar-refractivity contribution in [3.63, 3.8) is 0 Å². The maximum absolute atomic E-state index is 12.2. The molecule has 0 bridgehead atoms. The second-order valence-corrected chi connectivity index (χ2v) is 5.26. The first-order valence-electron chi connectivity index (χ1n) is 4.46. The lowest BCUT2D eigenvalue weighted by molar-refractivity contribution is -0.105. The van der Waals surface area contributed by atoms with Gasteiger partial charge >= 0.3 is 0 Å². The van der Waals surface area contributed by atoms with Gasteiger partial charge in [-0.05, 0) is 19.1 Å². The van der Waals surface area contributed by atoms with E-state index in [1.165, 1.54) is 0 Å². The molecule has 0 aliphatic heterocycles. The van der Waals surface area contributed by atoms with Crippen LogP contribution in [-0.4, -0.2) is 19.1 Å². The SMILES string of the molecule is CCOP(=O)(CC=O)c1ccccc1. The molecule has 1 unspecified atom stereocenters. The molecule has 1 aromatic carbocycles. The van der Waals surface area contributed by atoms with Gasteiger partial charge in [0.05, 0.1) is 12.8 Å². The molecule has 4 heteroatoms. The molecule has 0 radical (unpaired) electrons. The van der Waals surface area contributed by atoms with E-state index in [9.17, 15) is 9.36 Å². The highest BCUT2D eigenvalue weighted by Crippen LogP contribution is 2.44. The summed E-state index contributed by atoms with van der Waals surface area (Å²) in [6, 6.07) is 8.85. The van der Waals surface area contributed by atoms with E-state index in [1.54, 1.807) is 31.2 Å². The minimum absolute atomic E-state index is 0.0507. The van der Waals surface area contributed by atoms with Gasteiger partial charge < -0.3 is 9.32 Å². The van der Waals surface area contributed by atoms with Crippen LogP contribution in [0.25, 0.3) is 0 Å². The predicted octanol–water partition coefficient (Wildman–Crippen LogP) is 1.83. The molecule has 0 spiro atoms. The monoisotopic (exact) mass is 212 g/mol. The van der Waals surface area contributed by atoms with Crippen LogP contribution in [0.2, 0.25) is 0 Å². The van der Waals surface area contributed by atoms with Crippen LogP contribution in [0.1, 0.15) is 6.92 Å². The first-order valence-corrected chi connectivity index (χ1v) is 6.27. The predicted molar refractivity (Wildman–Crippen MR) is 56.2 cm³/mol. The molecule has 0 saturated carbocycles. The number of carbonyl (C=O) groups excluding carboxylic acids is 1. The van der Waals surface area contributed by atoms with Gasteiger partial charge in [0.25, 0.3) is 0 Å². The van der Waals surface area contributed by atoms with Gasteiger partial charge in [-0.1, -0.05) is 18.2 Å². The van der Waals surface area contributed by atoms with Gasteiger partial charge in [0.1, 0.15) is 6.29 Å². The molecule has 14 heavy (non-hydrogen) atoms. The molecule has 0 amide bonds. The van der Waals surface area contributed by atoms with E-state index in [0.29, 0.717) is 18.2 Å². The number of rotatable bonds is 5. The van der Waals surface area contributed by atoms with Crippen LogP contribution in [0.3, 0.4) is 0 Å². The van der Waals surface area contributed by atoms with E-state index < -0.39 is 7.37 Å². The zero-order valence-electron chi connectivity index (χ0n) is 8.05. The zero-order chi connectivity index (χ0) is 10.4. The van der Waals surface area contributed by atoms with Gasteiger partial charge in [-0.2, -0.15) is 0 Å². The van der Waals surface area contributed by atoms with Crippen molar-refractivity contribution in [1.82, 2.24) is 0 Å². The second kappa shape index (κ2) is 5.08. The summed E-state index contributed by atoms with van der Waals surface area (Å²) >= 11 is 0. The third kappa shape index (κ3) is 2.53. The summed E-state index contributed by atoms with van der Waals surface area (Å²) in [7, 11) is -2.94. The Morgan fingerprint density at radius 1 is 1.36 bits per heavy atom. The van der Waals surface area contributed by atoms with Crippen LogP contribution in [0.15, 0.2) is 30.3 Å². The van der Waals surface area contributed by atoms with Crippen molar-refractivity contribution in [2.45, 2.75) is 6.92 Å². The van der Waals surface area contributed by atoms with Gasteiger partial charge in [-0.15, -0.1) is 0 Å². The number of hydrogen-bond acceptors (Lipinski definition) is 3. The normalized spacial score (nSPS) is 14.6. The molecule has 0 N–H and O–H groups in total. The van der Waals surface area contributed by atoms with E-state index in [2.05, 4.69) is 0 Å². The molecule has 1 aromatic rings. The van der Waals surface area contributed by atoms with Crippen LogP contribution >= 0.6 is 7.37 Å². The summed E-state index contributed by atoms with van der Waals surface area (Å²) in [5.41, 5.74) is 0. The molecule has 0 aliphatic rings. The van der Waals surface area contributed by atoms with Crippen molar-refractivity contribution in [3.05, 3.63) is 30.3 Å². The lowest BCUT2D eigenvalue weighted by Crippen LogP contribution is -2.10. The van der Waals surface area contributed by atoms with E-state index >= 15 is 0 Å². The lowest BCUT2D eigenvalue weighted by Gasteiger charge is -2.14. The van der Waals surface area contributed by atoms with Crippen LogP contribution < -0.4 is 5.30 Å². The van der Waals surface area contributed by atoms with Crippen molar-refractivity contribution in [3.8, 4) is 0 Å². The molecular formula is C10H13O3P. The molecule has 1 atom stereocenters. The van der Waals surface area contributed by atoms with Gasteiger partial charge in [0.2, 0.25) is 7.37 Å². The fraction of sp³-hybridized carbons (Fsp3) is 0.300. The largest absolute Gasteiger partial charge is 0.325 e. The maximum atomic E-state index is 12.2. The number of benzene rings is 1. The van der Waals surface area contributed by atoms with Gasteiger partial charge in [-0.3, -0.25) is 4.57 Å². The average Bonchev–Trinajstić information content (AvgIpc) is 2.20. The Bertz CT molecular complexity index is 334. The van der Waals surface area contributed by atoms with E-state index in [4.69, 9.17) is 4.52 Å². The quantitative estimate of drug-likeness (QED) is 0.552. The Kier molecular flexibility index (Phi) is 4.05. The van der Waals surface area contributed by atoms with Crippen molar-refractivity contribution < 1.29 is 13.9 Å². The summed E-state index contributed by atoms with van der Waals surface area (Å²) in [6.45, 7) is 2.11. The maximum Gasteiger partial charge on any atom is 0.239 e. The number of carbonyl (C=O) groups is 1. The fourth-order valence-electron chi connectivity index (χ4n) is 1.19. The first kappa shape index (κ1) is 11.2. The molecule has 76 valence electrons. The summed E-state index contributed by atoms with van der Waals surface area (Å²) in [4.78, 5) is 10.4. The van der Waals surface area contributed by atoms with Crippen LogP contribution in [-0.2, 0) is 13.9 Å². The number of hydrogen-bond donors (Lipinski definition) is 0. The third-order valence-electron chi connectivity index (χ3n) is 1.80. The number of aldehydes is 1. The van der Waals surface area contributed by atoms with E-state index in [0.717, 1.165) is 0 Å². The fourth-order valence-corrected chi connectivity index (χ4v) is 2.90. The zero-order valence-corrected chi connectivity index (χ0v) is 8.94. The molecule has 0 saturated heterocycles. The Morgan fingerprint density at radius 2 is 2.00 bits per heavy atom. The van der Waals surface area contributed by atoms with Crippen LogP contribution in [0.5, 0.6) is 0 Å². The summed E-state index contributed by atoms with van der Waals surface area (Å²) in [5, 5.41) is 0.606. The Morgan fingerprint density at radius 3 is 2.50 bits per heavy atom. The molecule has 0 heterocycles. The average molecular weight is 212 g/mol. The summed E-state index contributed by atoms with van der Waals surface area (Å²) in [6.07, 6.45) is 0.592. The van der Waals surface area contributed by atoms with E-state index in [1.807, 2.05) is 6.07 Å². The second-order valence-electron chi connectivity index (χ2n) is 2.78. The third-order valence-corrected chi connectivity index (χ3v) is 4.19. The smallest absolute Gasteiger partial charge is 0.239 e. The Labute approximate surface area is 83.5 Å². The van der Waals surface area contributed by atoms with Gasteiger partial charge in [-0.25, -0.2) is 0 Å². The molecule has 0 aromatic heterocycles. The standard InChI is InChI=1S/C10H13O3P/c1-2-13-14(12,9-8-11)10-6-4-3-5-7-10/h3-8H,2,9H2,1H3. The lowest BCUT2D eigenvalue weighted by atomic mass is 10.4. The minimum Gasteiger partial charge on any atom is -0.325 e. The Balaban J connectivity index is 2.99. The van der Waals surface area contributed by atoms with Gasteiger partial charge in [0.15, 0.2) is 0 Å². The molecule has 3 nitrogen and oxygen atoms in total. The summed E-state index contributed by atoms with van der Waals surface area (Å²) < 4.78 is 17.3. The summed E-state index contributed by atoms with van der Waals surface area (Å²) in [5.74, 6) is 0. The first-order chi connectivity index (χ1) is 6.73. The van der Waals surface area contributed by atoms with Crippen molar-refractivity contribution in [2.75, 3.05) is 12.8 Å². The molecule has 1 rings (SSSR count). The van der Waals surface area contributed by atoms with Crippen molar-refractivity contribution in [1.29, 1.82) is 0 Å². The minimum atomic E-state index is -2.94. The van der Waals surface area contributed by atoms with Crippen LogP contribution in [0, 0.1) is 0 Å². The topological polar surface area (TPSA) is 43.4 Å². The van der Waals surface area contributed by atoms with Crippen LogP contribution in [0.4, 0.5) is 0 Å². The highest BCUT2D eigenvalue weighted by atomic mass is 31.2. The molecule has 0 fully saturated rings.